The molecule has 0 fully saturated rings. The van der Waals surface area contributed by atoms with Crippen molar-refractivity contribution in [1.29, 1.82) is 0 Å². The zero-order valence-electron chi connectivity index (χ0n) is 13.1. The number of anilines is 1. The van der Waals surface area contributed by atoms with Gasteiger partial charge in [0.1, 0.15) is 18.0 Å². The minimum absolute atomic E-state index is 0.428. The summed E-state index contributed by atoms with van der Waals surface area (Å²) in [5.74, 6) is 0.754. The van der Waals surface area contributed by atoms with Gasteiger partial charge < -0.3 is 19.6 Å². The number of carboxylic acid groups (broad SMARTS) is 1. The molecule has 0 aliphatic carbocycles. The Morgan fingerprint density at radius 2 is 2.17 bits per heavy atom. The number of nitrogens with zero attached hydrogens (tertiary/aromatic N) is 1. The van der Waals surface area contributed by atoms with E-state index >= 15 is 0 Å². The van der Waals surface area contributed by atoms with Crippen LogP contribution in [0, 0.1) is 0 Å². The number of methoxy groups -OCH3 is 1. The molecule has 0 bridgehead atoms. The number of pyridine rings is 1. The summed E-state index contributed by atoms with van der Waals surface area (Å²) in [6.07, 6.45) is 0.355. The van der Waals surface area contributed by atoms with Crippen molar-refractivity contribution < 1.29 is 19.4 Å². The molecule has 1 aromatic carbocycles. The van der Waals surface area contributed by atoms with Crippen molar-refractivity contribution in [2.45, 2.75) is 0 Å². The molecule has 7 nitrogen and oxygen atoms in total. The third kappa shape index (κ3) is 3.64. The van der Waals surface area contributed by atoms with Crippen LogP contribution < -0.4 is 10.1 Å². The van der Waals surface area contributed by atoms with E-state index in [1.54, 1.807) is 13.2 Å². The number of hydrogen-bond donors (Lipinski definition) is 3. The summed E-state index contributed by atoms with van der Waals surface area (Å²) >= 11 is 0. The largest absolute Gasteiger partial charge is 0.491 e. The van der Waals surface area contributed by atoms with Crippen molar-refractivity contribution in [3.8, 4) is 17.0 Å². The number of amides is 1. The molecule has 0 saturated heterocycles. The first kappa shape index (κ1) is 15.8. The molecule has 0 atom stereocenters. The molecule has 0 aliphatic rings. The van der Waals surface area contributed by atoms with Crippen LogP contribution in [0.5, 0.6) is 5.75 Å². The molecule has 124 valence electrons. The molecule has 2 aromatic heterocycles. The van der Waals surface area contributed by atoms with E-state index in [2.05, 4.69) is 15.3 Å². The van der Waals surface area contributed by atoms with E-state index in [1.807, 2.05) is 30.3 Å². The van der Waals surface area contributed by atoms with E-state index < -0.39 is 6.09 Å². The Morgan fingerprint density at radius 3 is 2.96 bits per heavy atom. The Bertz CT molecular complexity index is 860. The van der Waals surface area contributed by atoms with Crippen LogP contribution in [0.1, 0.15) is 0 Å². The maximum atomic E-state index is 10.7. The van der Waals surface area contributed by atoms with E-state index in [0.29, 0.717) is 24.5 Å². The van der Waals surface area contributed by atoms with E-state index in [1.165, 1.54) is 6.20 Å². The number of ether oxygens (including phenoxy) is 2. The lowest BCUT2D eigenvalue weighted by Crippen LogP contribution is -2.07. The van der Waals surface area contributed by atoms with Gasteiger partial charge in [0.15, 0.2) is 0 Å². The minimum atomic E-state index is -1.12. The first-order valence-corrected chi connectivity index (χ1v) is 7.36. The summed E-state index contributed by atoms with van der Waals surface area (Å²) in [5, 5.41) is 11.9. The van der Waals surface area contributed by atoms with Gasteiger partial charge in [-0.25, -0.2) is 9.78 Å². The molecule has 3 N–H and O–H groups in total. The van der Waals surface area contributed by atoms with Crippen LogP contribution in [0.15, 0.2) is 42.6 Å². The Balaban J connectivity index is 1.86. The predicted octanol–water partition coefficient (Wildman–Crippen LogP) is 3.35. The highest BCUT2D eigenvalue weighted by molar-refractivity contribution is 5.89. The zero-order valence-corrected chi connectivity index (χ0v) is 13.1. The Hall–Kier alpha value is -3.06. The number of fused-ring (bicyclic) bond motifs is 1. The highest BCUT2D eigenvalue weighted by Crippen LogP contribution is 2.27. The first-order valence-electron chi connectivity index (χ1n) is 7.36. The van der Waals surface area contributed by atoms with Crippen molar-refractivity contribution >= 4 is 22.8 Å². The fourth-order valence-corrected chi connectivity index (χ4v) is 2.36. The lowest BCUT2D eigenvalue weighted by molar-refractivity contribution is 0.146. The van der Waals surface area contributed by atoms with Crippen LogP contribution in [0.3, 0.4) is 0 Å². The maximum absolute atomic E-state index is 10.7. The quantitative estimate of drug-likeness (QED) is 0.603. The van der Waals surface area contributed by atoms with Crippen molar-refractivity contribution in [2.75, 3.05) is 25.6 Å². The van der Waals surface area contributed by atoms with E-state index in [-0.39, 0.29) is 0 Å². The molecule has 0 saturated carbocycles. The van der Waals surface area contributed by atoms with Gasteiger partial charge in [0, 0.05) is 23.8 Å². The zero-order chi connectivity index (χ0) is 16.9. The molecule has 0 aliphatic heterocycles. The summed E-state index contributed by atoms with van der Waals surface area (Å²) in [4.78, 5) is 18.2. The van der Waals surface area contributed by atoms with Gasteiger partial charge in [-0.1, -0.05) is 12.1 Å². The van der Waals surface area contributed by atoms with Crippen molar-refractivity contribution in [3.63, 3.8) is 0 Å². The number of hydrogen-bond acceptors (Lipinski definition) is 4. The molecule has 1 amide bonds. The number of aromatic amines is 1. The lowest BCUT2D eigenvalue weighted by Gasteiger charge is -2.06. The van der Waals surface area contributed by atoms with Crippen LogP contribution in [-0.2, 0) is 4.74 Å². The summed E-state index contributed by atoms with van der Waals surface area (Å²) in [7, 11) is 1.63. The van der Waals surface area contributed by atoms with Crippen molar-refractivity contribution in [1.82, 2.24) is 9.97 Å². The average molecular weight is 327 g/mol. The third-order valence-electron chi connectivity index (χ3n) is 3.42. The van der Waals surface area contributed by atoms with Gasteiger partial charge in [0.05, 0.1) is 18.5 Å². The molecular formula is C17H17N3O4. The third-order valence-corrected chi connectivity index (χ3v) is 3.42. The second kappa shape index (κ2) is 7.01. The maximum Gasteiger partial charge on any atom is 0.409 e. The van der Waals surface area contributed by atoms with E-state index in [0.717, 1.165) is 22.4 Å². The van der Waals surface area contributed by atoms with Gasteiger partial charge in [-0.05, 0) is 24.3 Å². The summed E-state index contributed by atoms with van der Waals surface area (Å²) in [6, 6.07) is 11.3. The molecular weight excluding hydrogens is 310 g/mol. The topological polar surface area (TPSA) is 96.5 Å². The molecule has 2 heterocycles. The van der Waals surface area contributed by atoms with Crippen LogP contribution in [0.4, 0.5) is 10.5 Å². The van der Waals surface area contributed by atoms with Gasteiger partial charge in [-0.2, -0.15) is 0 Å². The van der Waals surface area contributed by atoms with Gasteiger partial charge in [0.2, 0.25) is 0 Å². The van der Waals surface area contributed by atoms with Crippen LogP contribution in [0.25, 0.3) is 22.3 Å². The number of rotatable bonds is 6. The second-order valence-corrected chi connectivity index (χ2v) is 5.14. The molecule has 7 heteroatoms. The normalized spacial score (nSPS) is 10.7. The van der Waals surface area contributed by atoms with Crippen LogP contribution in [0.2, 0.25) is 0 Å². The van der Waals surface area contributed by atoms with Gasteiger partial charge in [-0.3, -0.25) is 5.32 Å². The van der Waals surface area contributed by atoms with Crippen LogP contribution in [-0.4, -0.2) is 41.5 Å². The predicted molar refractivity (Wildman–Crippen MR) is 90.5 cm³/mol. The second-order valence-electron chi connectivity index (χ2n) is 5.14. The highest BCUT2D eigenvalue weighted by atomic mass is 16.5. The fourth-order valence-electron chi connectivity index (χ4n) is 2.36. The minimum Gasteiger partial charge on any atom is -0.491 e. The van der Waals surface area contributed by atoms with Gasteiger partial charge in [0.25, 0.3) is 0 Å². The van der Waals surface area contributed by atoms with Crippen LogP contribution >= 0.6 is 0 Å². The number of aromatic nitrogens is 2. The Morgan fingerprint density at radius 1 is 1.29 bits per heavy atom. The number of nitrogens with one attached hydrogen (secondary N) is 2. The fraction of sp³-hybridized carbons (Fsp3) is 0.176. The lowest BCUT2D eigenvalue weighted by atomic mass is 10.1. The first-order chi connectivity index (χ1) is 11.7. The SMILES string of the molecule is COCCOc1cccc(-c2cc3cc(NC(=O)O)cnc3[nH]2)c1. The Labute approximate surface area is 138 Å². The molecule has 0 unspecified atom stereocenters. The van der Waals surface area contributed by atoms with E-state index in [9.17, 15) is 4.79 Å². The number of carbonyl (C=O) groups is 1. The molecule has 24 heavy (non-hydrogen) atoms. The molecule has 0 spiro atoms. The smallest absolute Gasteiger partial charge is 0.409 e. The number of benzene rings is 1. The van der Waals surface area contributed by atoms with E-state index in [4.69, 9.17) is 14.6 Å². The summed E-state index contributed by atoms with van der Waals surface area (Å²) in [6.45, 7) is 1.01. The van der Waals surface area contributed by atoms with Crippen molar-refractivity contribution in [2.24, 2.45) is 0 Å². The standard InChI is InChI=1S/C17H17N3O4/c1-23-5-6-24-14-4-2-3-11(8-14)15-9-12-7-13(19-17(21)22)10-18-16(12)20-15/h2-4,7-10,19H,5-6H2,1H3,(H,18,20)(H,21,22). The Kier molecular flexibility index (Phi) is 4.62. The van der Waals surface area contributed by atoms with Crippen molar-refractivity contribution in [3.05, 3.63) is 42.6 Å². The molecule has 3 rings (SSSR count). The monoisotopic (exact) mass is 327 g/mol. The molecule has 3 aromatic rings. The average Bonchev–Trinajstić information content (AvgIpc) is 2.98. The summed E-state index contributed by atoms with van der Waals surface area (Å²) < 4.78 is 10.6. The highest BCUT2D eigenvalue weighted by Gasteiger charge is 2.07. The molecule has 0 radical (unpaired) electrons. The summed E-state index contributed by atoms with van der Waals surface area (Å²) in [5.41, 5.74) is 2.95. The van der Waals surface area contributed by atoms with Gasteiger partial charge >= 0.3 is 6.09 Å². The van der Waals surface area contributed by atoms with Gasteiger partial charge in [-0.15, -0.1) is 0 Å². The number of H-pyrrole nitrogens is 1.